The van der Waals surface area contributed by atoms with Crippen molar-refractivity contribution in [2.45, 2.75) is 26.1 Å². The first-order valence-electron chi connectivity index (χ1n) is 7.50. The third kappa shape index (κ3) is 4.88. The fraction of sp³-hybridized carbons (Fsp3) is 0.278. The summed E-state index contributed by atoms with van der Waals surface area (Å²) >= 11 is 6.12. The molecule has 0 aliphatic rings. The molecule has 2 aromatic carbocycles. The smallest absolute Gasteiger partial charge is 0.320 e. The number of nitrogens with one attached hydrogen (secondary N) is 1. The first-order chi connectivity index (χ1) is 11.5. The van der Waals surface area contributed by atoms with Gasteiger partial charge in [-0.3, -0.25) is 4.79 Å². The van der Waals surface area contributed by atoms with Gasteiger partial charge >= 0.3 is 5.97 Å². The lowest BCUT2D eigenvalue weighted by atomic mass is 10.2. The molecule has 1 unspecified atom stereocenters. The van der Waals surface area contributed by atoms with Crippen molar-refractivity contribution in [2.75, 3.05) is 7.11 Å². The molecule has 0 radical (unpaired) electrons. The molecule has 0 aliphatic heterocycles. The van der Waals surface area contributed by atoms with Crippen molar-refractivity contribution in [3.05, 3.63) is 58.6 Å². The highest BCUT2D eigenvalue weighted by Gasteiger charge is 2.11. The van der Waals surface area contributed by atoms with Crippen molar-refractivity contribution in [2.24, 2.45) is 0 Å². The molecule has 0 saturated carbocycles. The van der Waals surface area contributed by atoms with E-state index in [1.165, 1.54) is 0 Å². The Morgan fingerprint density at radius 2 is 2.00 bits per heavy atom. The highest BCUT2D eigenvalue weighted by Crippen LogP contribution is 2.29. The van der Waals surface area contributed by atoms with Gasteiger partial charge < -0.3 is 19.9 Å². The van der Waals surface area contributed by atoms with Gasteiger partial charge in [0.2, 0.25) is 0 Å². The van der Waals surface area contributed by atoms with E-state index in [4.69, 9.17) is 26.2 Å². The lowest BCUT2D eigenvalue weighted by Crippen LogP contribution is -2.33. The third-order valence-electron chi connectivity index (χ3n) is 3.55. The van der Waals surface area contributed by atoms with Crippen LogP contribution in [0.4, 0.5) is 0 Å². The van der Waals surface area contributed by atoms with Gasteiger partial charge in [-0.15, -0.1) is 0 Å². The molecule has 5 nitrogen and oxygen atoms in total. The maximum atomic E-state index is 10.8. The van der Waals surface area contributed by atoms with Gasteiger partial charge in [-0.2, -0.15) is 0 Å². The van der Waals surface area contributed by atoms with E-state index in [1.807, 2.05) is 36.4 Å². The number of hydrogen-bond donors (Lipinski definition) is 2. The second-order valence-electron chi connectivity index (χ2n) is 5.31. The number of aliphatic carboxylic acids is 1. The first-order valence-corrected chi connectivity index (χ1v) is 7.88. The number of halogens is 1. The molecule has 0 aliphatic carbocycles. The minimum absolute atomic E-state index is 0.337. The van der Waals surface area contributed by atoms with Crippen LogP contribution in [0, 0.1) is 0 Å². The Hall–Kier alpha value is -2.24. The van der Waals surface area contributed by atoms with Gasteiger partial charge in [0.25, 0.3) is 0 Å². The maximum Gasteiger partial charge on any atom is 0.320 e. The molecule has 0 saturated heterocycles. The van der Waals surface area contributed by atoms with Crippen molar-refractivity contribution in [1.82, 2.24) is 5.32 Å². The number of ether oxygens (including phenoxy) is 2. The molecule has 6 heteroatoms. The fourth-order valence-electron chi connectivity index (χ4n) is 2.07. The van der Waals surface area contributed by atoms with Crippen LogP contribution in [0.3, 0.4) is 0 Å². The molecule has 24 heavy (non-hydrogen) atoms. The van der Waals surface area contributed by atoms with Crippen LogP contribution in [0.2, 0.25) is 5.02 Å². The van der Waals surface area contributed by atoms with Crippen LogP contribution < -0.4 is 14.8 Å². The van der Waals surface area contributed by atoms with E-state index in [0.717, 1.165) is 11.1 Å². The molecule has 1 atom stereocenters. The molecule has 2 rings (SSSR count). The van der Waals surface area contributed by atoms with Crippen LogP contribution in [0.25, 0.3) is 0 Å². The van der Waals surface area contributed by atoms with Crippen LogP contribution in [0.15, 0.2) is 42.5 Å². The fourth-order valence-corrected chi connectivity index (χ4v) is 2.26. The molecule has 2 aromatic rings. The van der Waals surface area contributed by atoms with Gasteiger partial charge in [0.1, 0.15) is 12.6 Å². The lowest BCUT2D eigenvalue weighted by Gasteiger charge is -2.14. The number of hydrogen-bond acceptors (Lipinski definition) is 4. The van der Waals surface area contributed by atoms with Crippen molar-refractivity contribution < 1.29 is 19.4 Å². The summed E-state index contributed by atoms with van der Waals surface area (Å²) in [5.41, 5.74) is 1.80. The Morgan fingerprint density at radius 3 is 2.67 bits per heavy atom. The zero-order valence-corrected chi connectivity index (χ0v) is 14.3. The topological polar surface area (TPSA) is 67.8 Å². The quantitative estimate of drug-likeness (QED) is 0.763. The summed E-state index contributed by atoms with van der Waals surface area (Å²) in [6.07, 6.45) is 0. The van der Waals surface area contributed by atoms with E-state index >= 15 is 0 Å². The van der Waals surface area contributed by atoms with Gasteiger partial charge in [0.15, 0.2) is 11.5 Å². The average Bonchev–Trinajstić information content (AvgIpc) is 2.59. The molecule has 128 valence electrons. The van der Waals surface area contributed by atoms with E-state index in [0.29, 0.717) is 29.7 Å². The summed E-state index contributed by atoms with van der Waals surface area (Å²) in [5, 5.41) is 12.5. The summed E-state index contributed by atoms with van der Waals surface area (Å²) in [7, 11) is 1.56. The predicted octanol–water partition coefficient (Wildman–Crippen LogP) is 3.49. The molecule has 2 N–H and O–H groups in total. The summed E-state index contributed by atoms with van der Waals surface area (Å²) in [5.74, 6) is 0.304. The Balaban J connectivity index is 2.03. The van der Waals surface area contributed by atoms with Gasteiger partial charge in [0.05, 0.1) is 7.11 Å². The van der Waals surface area contributed by atoms with E-state index in [1.54, 1.807) is 20.1 Å². The molecule has 0 bridgehead atoms. The summed E-state index contributed by atoms with van der Waals surface area (Å²) < 4.78 is 11.1. The highest BCUT2D eigenvalue weighted by molar-refractivity contribution is 6.31. The predicted molar refractivity (Wildman–Crippen MR) is 92.7 cm³/mol. The maximum absolute atomic E-state index is 10.8. The van der Waals surface area contributed by atoms with Crippen LogP contribution >= 0.6 is 11.6 Å². The number of benzene rings is 2. The molecule has 0 heterocycles. The van der Waals surface area contributed by atoms with E-state index in [-0.39, 0.29) is 0 Å². The second-order valence-corrected chi connectivity index (χ2v) is 5.71. The Morgan fingerprint density at radius 1 is 1.25 bits per heavy atom. The van der Waals surface area contributed by atoms with Crippen LogP contribution in [0.5, 0.6) is 11.5 Å². The summed E-state index contributed by atoms with van der Waals surface area (Å²) in [6.45, 7) is 2.36. The largest absolute Gasteiger partial charge is 0.493 e. The standard InChI is InChI=1S/C18H20ClNO4/c1-12(18(21)22)20-10-13-7-8-16(17(9-13)23-2)24-11-14-5-3-4-6-15(14)19/h3-9,12,20H,10-11H2,1-2H3,(H,21,22). The number of carbonyl (C=O) groups is 1. The van der Waals surface area contributed by atoms with Crippen molar-refractivity contribution in [1.29, 1.82) is 0 Å². The van der Waals surface area contributed by atoms with E-state index < -0.39 is 12.0 Å². The normalized spacial score (nSPS) is 11.8. The zero-order valence-electron chi connectivity index (χ0n) is 13.6. The van der Waals surface area contributed by atoms with Crippen molar-refractivity contribution in [3.8, 4) is 11.5 Å². The number of carboxylic acids is 1. The minimum Gasteiger partial charge on any atom is -0.493 e. The second kappa shape index (κ2) is 8.57. The van der Waals surface area contributed by atoms with Gasteiger partial charge in [-0.1, -0.05) is 35.9 Å². The van der Waals surface area contributed by atoms with Crippen molar-refractivity contribution in [3.63, 3.8) is 0 Å². The number of carboxylic acid groups (broad SMARTS) is 1. The summed E-state index contributed by atoms with van der Waals surface area (Å²) in [4.78, 5) is 10.8. The van der Waals surface area contributed by atoms with E-state index in [2.05, 4.69) is 5.32 Å². The van der Waals surface area contributed by atoms with Crippen LogP contribution in [0.1, 0.15) is 18.1 Å². The molecule has 0 fully saturated rings. The van der Waals surface area contributed by atoms with Crippen molar-refractivity contribution >= 4 is 17.6 Å². The average molecular weight is 350 g/mol. The minimum atomic E-state index is -0.887. The van der Waals surface area contributed by atoms with Crippen LogP contribution in [-0.4, -0.2) is 24.2 Å². The molecular formula is C18H20ClNO4. The SMILES string of the molecule is COc1cc(CNC(C)C(=O)O)ccc1OCc1ccccc1Cl. The Bertz CT molecular complexity index is 705. The number of rotatable bonds is 8. The first kappa shape index (κ1) is 18.1. The third-order valence-corrected chi connectivity index (χ3v) is 3.92. The molecule has 0 spiro atoms. The van der Waals surface area contributed by atoms with E-state index in [9.17, 15) is 4.79 Å². The number of methoxy groups -OCH3 is 1. The highest BCUT2D eigenvalue weighted by atomic mass is 35.5. The monoisotopic (exact) mass is 349 g/mol. The Labute approximate surface area is 146 Å². The van der Waals surface area contributed by atoms with Gasteiger partial charge in [0, 0.05) is 17.1 Å². The van der Waals surface area contributed by atoms with Gasteiger partial charge in [-0.25, -0.2) is 0 Å². The van der Waals surface area contributed by atoms with Crippen LogP contribution in [-0.2, 0) is 17.9 Å². The zero-order chi connectivity index (χ0) is 17.5. The Kier molecular flexibility index (Phi) is 6.46. The summed E-state index contributed by atoms with van der Waals surface area (Å²) in [6, 6.07) is 12.4. The molecular weight excluding hydrogens is 330 g/mol. The lowest BCUT2D eigenvalue weighted by molar-refractivity contribution is -0.139. The van der Waals surface area contributed by atoms with Gasteiger partial charge in [-0.05, 0) is 30.7 Å². The molecule has 0 amide bonds. The molecule has 0 aromatic heterocycles.